The van der Waals surface area contributed by atoms with E-state index in [1.54, 1.807) is 0 Å². The molecule has 0 aromatic carbocycles. The molecule has 11 nitrogen and oxygen atoms in total. The SMILES string of the molecule is C=CCNC(=O)C(=O)C(CCC(F)(F)F)NC(=O)[C@@H]1[C@@H]2[C@H](CN1C(=O)[C@@H](NC(=O)N[C@H](C(=O)C1CC1)C(C)C)C1CCCCC1)C2(C)C. The van der Waals surface area contributed by atoms with E-state index in [0.29, 0.717) is 12.8 Å². The number of Topliss-reactive ketones (excluding diaryl/α,β-unsaturated/α-hetero) is 2. The summed E-state index contributed by atoms with van der Waals surface area (Å²) in [7, 11) is 0. The van der Waals surface area contributed by atoms with E-state index in [-0.39, 0.29) is 53.9 Å². The number of nitrogens with one attached hydrogen (secondary N) is 4. The highest BCUT2D eigenvalue weighted by atomic mass is 19.4. The Balaban J connectivity index is 1.56. The van der Waals surface area contributed by atoms with Crippen molar-refractivity contribution in [1.82, 2.24) is 26.2 Å². The quantitative estimate of drug-likeness (QED) is 0.154. The summed E-state index contributed by atoms with van der Waals surface area (Å²) in [4.78, 5) is 81.3. The van der Waals surface area contributed by atoms with Crippen LogP contribution in [-0.2, 0) is 24.0 Å². The van der Waals surface area contributed by atoms with Crippen molar-refractivity contribution in [3.63, 3.8) is 0 Å². The highest BCUT2D eigenvalue weighted by molar-refractivity contribution is 6.38. The van der Waals surface area contributed by atoms with E-state index in [1.807, 2.05) is 27.7 Å². The van der Waals surface area contributed by atoms with Gasteiger partial charge in [0.05, 0.1) is 12.1 Å². The molecule has 4 N–H and O–H groups in total. The highest BCUT2D eigenvalue weighted by Crippen LogP contribution is 2.65. The predicted molar refractivity (Wildman–Crippen MR) is 170 cm³/mol. The molecule has 1 aliphatic heterocycles. The number of carbonyl (C=O) groups excluding carboxylic acids is 6. The Hall–Kier alpha value is -3.45. The molecule has 4 aliphatic rings. The number of ketones is 2. The number of halogens is 3. The molecule has 0 radical (unpaired) electrons. The molecule has 3 saturated carbocycles. The molecule has 3 aliphatic carbocycles. The average Bonchev–Trinajstić information content (AvgIpc) is 3.91. The van der Waals surface area contributed by atoms with Crippen LogP contribution < -0.4 is 21.3 Å². The van der Waals surface area contributed by atoms with E-state index in [9.17, 15) is 41.9 Å². The summed E-state index contributed by atoms with van der Waals surface area (Å²) in [5, 5.41) is 10.3. The lowest BCUT2D eigenvalue weighted by atomic mass is 9.83. The number of piperidine rings is 1. The standard InChI is InChI=1S/C34H50F3N5O6/c1-6-16-38-30(46)28(44)22(14-15-34(35,36)37)39-29(45)26-23-21(33(23,4)5)17-42(26)31(47)25(19-10-8-7-9-11-19)41-32(48)40-24(18(2)3)27(43)20-12-13-20/h6,18-26H,1,7-17H2,2-5H3,(H,38,46)(H,39,45)(H2,40,41,48)/t21-,22?,23-,24-,25-,26-/m0/s1. The average molecular weight is 682 g/mol. The fourth-order valence-electron chi connectivity index (χ4n) is 7.60. The fourth-order valence-corrected chi connectivity index (χ4v) is 7.60. The molecule has 48 heavy (non-hydrogen) atoms. The number of alkyl halides is 3. The van der Waals surface area contributed by atoms with E-state index in [4.69, 9.17) is 0 Å². The van der Waals surface area contributed by atoms with Crippen molar-refractivity contribution in [3.8, 4) is 0 Å². The molecule has 0 bridgehead atoms. The lowest BCUT2D eigenvalue weighted by Gasteiger charge is -2.37. The largest absolute Gasteiger partial charge is 0.389 e. The summed E-state index contributed by atoms with van der Waals surface area (Å²) in [5.74, 6) is -4.61. The van der Waals surface area contributed by atoms with Gasteiger partial charge in [0.1, 0.15) is 12.1 Å². The Morgan fingerprint density at radius 1 is 0.958 bits per heavy atom. The van der Waals surface area contributed by atoms with E-state index >= 15 is 0 Å². The number of urea groups is 1. The van der Waals surface area contributed by atoms with Crippen LogP contribution in [0.2, 0.25) is 0 Å². The minimum Gasteiger partial charge on any atom is -0.346 e. The van der Waals surface area contributed by atoms with Crippen LogP contribution >= 0.6 is 0 Å². The van der Waals surface area contributed by atoms with E-state index in [1.165, 1.54) is 11.0 Å². The number of hydrogen-bond donors (Lipinski definition) is 4. The molecule has 1 unspecified atom stereocenters. The molecule has 0 spiro atoms. The number of nitrogens with zero attached hydrogens (tertiary/aromatic N) is 1. The molecule has 1 heterocycles. The first-order valence-corrected chi connectivity index (χ1v) is 17.2. The van der Waals surface area contributed by atoms with Crippen molar-refractivity contribution >= 4 is 35.3 Å². The van der Waals surface area contributed by atoms with Gasteiger partial charge in [0.15, 0.2) is 5.78 Å². The van der Waals surface area contributed by atoms with Gasteiger partial charge in [-0.05, 0) is 61.2 Å². The van der Waals surface area contributed by atoms with Crippen LogP contribution in [-0.4, -0.2) is 83.7 Å². The molecule has 5 amide bonds. The van der Waals surface area contributed by atoms with Crippen LogP contribution in [0.1, 0.15) is 85.5 Å². The summed E-state index contributed by atoms with van der Waals surface area (Å²) in [6.45, 7) is 11.1. The van der Waals surface area contributed by atoms with Gasteiger partial charge in [-0.1, -0.05) is 53.0 Å². The number of fused-ring (bicyclic) bond motifs is 1. The Morgan fingerprint density at radius 3 is 2.17 bits per heavy atom. The third-order valence-electron chi connectivity index (χ3n) is 10.7. The third-order valence-corrected chi connectivity index (χ3v) is 10.7. The van der Waals surface area contributed by atoms with Crippen LogP contribution in [0.15, 0.2) is 12.7 Å². The molecule has 1 saturated heterocycles. The first kappa shape index (κ1) is 37.4. The number of hydrogen-bond acceptors (Lipinski definition) is 6. The maximum Gasteiger partial charge on any atom is 0.389 e. The predicted octanol–water partition coefficient (Wildman–Crippen LogP) is 3.42. The zero-order valence-corrected chi connectivity index (χ0v) is 28.3. The molecular formula is C34H50F3N5O6. The molecule has 6 atom stereocenters. The second kappa shape index (κ2) is 15.0. The Bertz CT molecular complexity index is 1280. The minimum atomic E-state index is -4.64. The van der Waals surface area contributed by atoms with Crippen molar-refractivity contribution in [2.45, 2.75) is 116 Å². The number of carbonyl (C=O) groups is 6. The third kappa shape index (κ3) is 8.76. The van der Waals surface area contributed by atoms with Crippen LogP contribution in [0, 0.1) is 35.0 Å². The van der Waals surface area contributed by atoms with Gasteiger partial charge in [-0.15, -0.1) is 6.58 Å². The van der Waals surface area contributed by atoms with Crippen molar-refractivity contribution < 1.29 is 41.9 Å². The Kier molecular flexibility index (Phi) is 11.7. The Labute approximate surface area is 279 Å². The second-order valence-electron chi connectivity index (χ2n) is 14.9. The van der Waals surface area contributed by atoms with E-state index in [2.05, 4.69) is 27.8 Å². The number of rotatable bonds is 15. The molecule has 0 aromatic heterocycles. The van der Waals surface area contributed by atoms with Crippen molar-refractivity contribution in [1.29, 1.82) is 0 Å². The van der Waals surface area contributed by atoms with Crippen LogP contribution in [0.4, 0.5) is 18.0 Å². The van der Waals surface area contributed by atoms with Crippen molar-refractivity contribution in [3.05, 3.63) is 12.7 Å². The van der Waals surface area contributed by atoms with Gasteiger partial charge < -0.3 is 26.2 Å². The number of amides is 5. The summed E-state index contributed by atoms with van der Waals surface area (Å²) < 4.78 is 39.6. The lowest BCUT2D eigenvalue weighted by molar-refractivity contribution is -0.147. The van der Waals surface area contributed by atoms with E-state index < -0.39 is 72.7 Å². The van der Waals surface area contributed by atoms with Crippen molar-refractivity contribution in [2.75, 3.05) is 13.1 Å². The second-order valence-corrected chi connectivity index (χ2v) is 14.9. The van der Waals surface area contributed by atoms with Crippen molar-refractivity contribution in [2.24, 2.45) is 35.0 Å². The van der Waals surface area contributed by atoms with Crippen LogP contribution in [0.25, 0.3) is 0 Å². The highest BCUT2D eigenvalue weighted by Gasteiger charge is 2.69. The zero-order chi connectivity index (χ0) is 35.6. The topological polar surface area (TPSA) is 154 Å². The first-order chi connectivity index (χ1) is 22.5. The Morgan fingerprint density at radius 2 is 1.60 bits per heavy atom. The molecule has 4 rings (SSSR count). The molecule has 4 fully saturated rings. The van der Waals surface area contributed by atoms with Crippen LogP contribution in [0.3, 0.4) is 0 Å². The van der Waals surface area contributed by atoms with Gasteiger partial charge in [0.2, 0.25) is 17.6 Å². The van der Waals surface area contributed by atoms with Gasteiger partial charge in [0, 0.05) is 25.4 Å². The maximum absolute atomic E-state index is 14.4. The van der Waals surface area contributed by atoms with Gasteiger partial charge in [-0.3, -0.25) is 24.0 Å². The summed E-state index contributed by atoms with van der Waals surface area (Å²) in [6.07, 6.45) is -0.00365. The summed E-state index contributed by atoms with van der Waals surface area (Å²) >= 11 is 0. The van der Waals surface area contributed by atoms with Gasteiger partial charge in [-0.2, -0.15) is 13.2 Å². The molecular weight excluding hydrogens is 631 g/mol. The van der Waals surface area contributed by atoms with Gasteiger partial charge in [-0.25, -0.2) is 4.79 Å². The number of likely N-dealkylation sites (tertiary alicyclic amines) is 1. The molecule has 14 heteroatoms. The first-order valence-electron chi connectivity index (χ1n) is 17.2. The normalized spacial score (nSPS) is 25.2. The van der Waals surface area contributed by atoms with Crippen LogP contribution in [0.5, 0.6) is 0 Å². The summed E-state index contributed by atoms with van der Waals surface area (Å²) in [5.41, 5.74) is -0.357. The fraction of sp³-hybridized carbons (Fsp3) is 0.765. The maximum atomic E-state index is 14.4. The lowest BCUT2D eigenvalue weighted by Crippen LogP contribution is -2.61. The molecule has 0 aromatic rings. The summed E-state index contributed by atoms with van der Waals surface area (Å²) in [6, 6.07) is -5.26. The van der Waals surface area contributed by atoms with Gasteiger partial charge in [0.25, 0.3) is 5.91 Å². The van der Waals surface area contributed by atoms with E-state index in [0.717, 1.165) is 32.1 Å². The zero-order valence-electron chi connectivity index (χ0n) is 28.3. The smallest absolute Gasteiger partial charge is 0.346 e. The minimum absolute atomic E-state index is 0.0351. The monoisotopic (exact) mass is 681 g/mol. The van der Waals surface area contributed by atoms with Gasteiger partial charge >= 0.3 is 12.2 Å². The molecule has 268 valence electrons.